The van der Waals surface area contributed by atoms with Crippen LogP contribution in [0.3, 0.4) is 0 Å². The Kier molecular flexibility index (Phi) is 5.48. The van der Waals surface area contributed by atoms with Crippen molar-refractivity contribution in [2.75, 3.05) is 36.9 Å². The summed E-state index contributed by atoms with van der Waals surface area (Å²) in [6, 6.07) is 4.05. The summed E-state index contributed by atoms with van der Waals surface area (Å²) in [5.41, 5.74) is 7.24. The summed E-state index contributed by atoms with van der Waals surface area (Å²) in [5, 5.41) is 0. The summed E-state index contributed by atoms with van der Waals surface area (Å²) in [7, 11) is 0. The van der Waals surface area contributed by atoms with Crippen LogP contribution in [0.2, 0.25) is 0 Å². The minimum absolute atomic E-state index is 0.139. The molecule has 0 aromatic carbocycles. The van der Waals surface area contributed by atoms with E-state index in [0.717, 1.165) is 38.1 Å². The molecule has 0 amide bonds. The van der Waals surface area contributed by atoms with Gasteiger partial charge in [-0.1, -0.05) is 0 Å². The van der Waals surface area contributed by atoms with E-state index < -0.39 is 19.1 Å². The fraction of sp³-hybridized carbons (Fsp3) is 0.609. The van der Waals surface area contributed by atoms with Crippen LogP contribution in [0.15, 0.2) is 18.3 Å². The van der Waals surface area contributed by atoms with E-state index in [0.29, 0.717) is 29.4 Å². The monoisotopic (exact) mass is 494 g/mol. The van der Waals surface area contributed by atoms with Crippen LogP contribution in [0, 0.1) is 0 Å². The summed E-state index contributed by atoms with van der Waals surface area (Å²) in [4.78, 5) is 17.1. The van der Waals surface area contributed by atoms with Crippen molar-refractivity contribution >= 4 is 11.8 Å². The maximum atomic E-state index is 13.9. The molecule has 8 nitrogen and oxygen atoms in total. The second kappa shape index (κ2) is 8.44. The van der Waals surface area contributed by atoms with Gasteiger partial charge >= 0.3 is 6.61 Å². The van der Waals surface area contributed by atoms with Crippen molar-refractivity contribution in [2.45, 2.75) is 62.3 Å². The molecule has 0 spiro atoms. The largest absolute Gasteiger partial charge is 0.431 e. The van der Waals surface area contributed by atoms with Gasteiger partial charge < -0.3 is 20.1 Å². The lowest BCUT2D eigenvalue weighted by Crippen LogP contribution is -2.49. The first kappa shape index (κ1) is 22.7. The molecule has 6 rings (SSSR count). The van der Waals surface area contributed by atoms with Crippen molar-refractivity contribution < 1.29 is 27.0 Å². The molecule has 35 heavy (non-hydrogen) atoms. The van der Waals surface area contributed by atoms with Gasteiger partial charge in [0.25, 0.3) is 5.92 Å². The molecule has 188 valence electrons. The predicted molar refractivity (Wildman–Crippen MR) is 119 cm³/mol. The van der Waals surface area contributed by atoms with E-state index in [1.165, 1.54) is 17.2 Å². The molecule has 0 radical (unpaired) electrons. The minimum Gasteiger partial charge on any atom is -0.431 e. The van der Waals surface area contributed by atoms with E-state index in [1.807, 2.05) is 0 Å². The van der Waals surface area contributed by atoms with Crippen molar-refractivity contribution in [1.29, 1.82) is 0 Å². The minimum atomic E-state index is -3.06. The maximum absolute atomic E-state index is 13.9. The fourth-order valence-electron chi connectivity index (χ4n) is 5.62. The zero-order valence-electron chi connectivity index (χ0n) is 18.9. The van der Waals surface area contributed by atoms with Gasteiger partial charge in [-0.15, -0.1) is 0 Å². The summed E-state index contributed by atoms with van der Waals surface area (Å²) < 4.78 is 63.7. The van der Waals surface area contributed by atoms with Gasteiger partial charge in [0.2, 0.25) is 5.95 Å². The molecule has 4 aliphatic rings. The average Bonchev–Trinajstić information content (AvgIpc) is 3.49. The number of ether oxygens (including phenoxy) is 2. The third kappa shape index (κ3) is 4.37. The highest BCUT2D eigenvalue weighted by Crippen LogP contribution is 2.44. The van der Waals surface area contributed by atoms with Crippen molar-refractivity contribution in [3.8, 4) is 17.0 Å². The number of nitrogens with two attached hydrogens (primary N) is 1. The lowest BCUT2D eigenvalue weighted by molar-refractivity contribution is -0.0494. The second-order valence-electron chi connectivity index (χ2n) is 9.86. The molecule has 2 atom stereocenters. The molecule has 12 heteroatoms. The molecule has 4 fully saturated rings. The van der Waals surface area contributed by atoms with Gasteiger partial charge in [0.15, 0.2) is 11.6 Å². The topological polar surface area (TPSA) is 89.6 Å². The summed E-state index contributed by atoms with van der Waals surface area (Å²) >= 11 is 0. The average molecular weight is 494 g/mol. The van der Waals surface area contributed by atoms with Crippen molar-refractivity contribution in [3.63, 3.8) is 0 Å². The summed E-state index contributed by atoms with van der Waals surface area (Å²) in [6.07, 6.45) is 4.38. The van der Waals surface area contributed by atoms with Gasteiger partial charge in [0.05, 0.1) is 24.9 Å². The number of anilines is 2. The Bertz CT molecular complexity index is 1120. The van der Waals surface area contributed by atoms with E-state index in [2.05, 4.69) is 24.6 Å². The Morgan fingerprint density at radius 1 is 1.14 bits per heavy atom. The summed E-state index contributed by atoms with van der Waals surface area (Å²) in [6.45, 7) is -1.64. The molecule has 1 aliphatic carbocycles. The van der Waals surface area contributed by atoms with E-state index >= 15 is 0 Å². The van der Waals surface area contributed by atoms with Gasteiger partial charge in [-0.3, -0.25) is 4.90 Å². The van der Waals surface area contributed by atoms with Gasteiger partial charge in [-0.2, -0.15) is 8.78 Å². The smallest absolute Gasteiger partial charge is 0.387 e. The number of hydrogen-bond acceptors (Lipinski definition) is 8. The third-order valence-electron chi connectivity index (χ3n) is 7.52. The first-order valence-corrected chi connectivity index (χ1v) is 11.8. The number of hydrogen-bond donors (Lipinski definition) is 1. The molecule has 2 N–H and O–H groups in total. The maximum Gasteiger partial charge on any atom is 0.387 e. The summed E-state index contributed by atoms with van der Waals surface area (Å²) in [5.74, 6) is -2.88. The molecule has 2 bridgehead atoms. The van der Waals surface area contributed by atoms with Gasteiger partial charge in [0, 0.05) is 55.0 Å². The number of nitrogen functional groups attached to an aromatic ring is 1. The number of halogens is 4. The number of nitrogens with zero attached hydrogens (tertiary/aromatic N) is 5. The highest BCUT2D eigenvalue weighted by atomic mass is 19.3. The highest BCUT2D eigenvalue weighted by molar-refractivity contribution is 5.65. The second-order valence-corrected chi connectivity index (χ2v) is 9.86. The Hall–Kier alpha value is -2.73. The van der Waals surface area contributed by atoms with Crippen LogP contribution in [-0.4, -0.2) is 76.8 Å². The van der Waals surface area contributed by atoms with Gasteiger partial charge in [0.1, 0.15) is 0 Å². The number of rotatable bonds is 6. The SMILES string of the molecule is Nc1ncc(-c2cc([C@H]3C[C@@H](N4C[C@@H]5C[C@H]4CO5)C3)nc(N3CCC(F)(F)C3)n2)cc1OC(F)F. The number of pyridine rings is 1. The van der Waals surface area contributed by atoms with E-state index in [9.17, 15) is 17.6 Å². The van der Waals surface area contributed by atoms with Gasteiger partial charge in [-0.25, -0.2) is 23.7 Å². The normalized spacial score (nSPS) is 29.7. The Labute approximate surface area is 199 Å². The van der Waals surface area contributed by atoms with Gasteiger partial charge in [-0.05, 0) is 31.4 Å². The van der Waals surface area contributed by atoms with Crippen LogP contribution in [0.4, 0.5) is 29.3 Å². The third-order valence-corrected chi connectivity index (χ3v) is 7.52. The van der Waals surface area contributed by atoms with Crippen molar-refractivity contribution in [1.82, 2.24) is 19.9 Å². The van der Waals surface area contributed by atoms with Crippen LogP contribution in [0.25, 0.3) is 11.3 Å². The number of alkyl halides is 4. The number of likely N-dealkylation sites (tertiary alicyclic amines) is 1. The first-order valence-electron chi connectivity index (χ1n) is 11.8. The zero-order valence-corrected chi connectivity index (χ0v) is 18.9. The molecular formula is C23H26F4N6O2. The van der Waals surface area contributed by atoms with Crippen molar-refractivity contribution in [2.24, 2.45) is 0 Å². The molecule has 3 saturated heterocycles. The van der Waals surface area contributed by atoms with E-state index in [1.54, 1.807) is 6.07 Å². The van der Waals surface area contributed by atoms with Crippen LogP contribution in [0.5, 0.6) is 5.75 Å². The first-order chi connectivity index (χ1) is 16.7. The van der Waals surface area contributed by atoms with E-state index in [4.69, 9.17) is 10.5 Å². The molecule has 2 aromatic heterocycles. The molecule has 5 heterocycles. The number of aromatic nitrogens is 3. The highest BCUT2D eigenvalue weighted by Gasteiger charge is 2.47. The Balaban J connectivity index is 1.29. The lowest BCUT2D eigenvalue weighted by Gasteiger charge is -2.44. The van der Waals surface area contributed by atoms with E-state index in [-0.39, 0.29) is 36.4 Å². The molecular weight excluding hydrogens is 468 g/mol. The molecule has 3 aliphatic heterocycles. The number of morpholine rings is 1. The zero-order chi connectivity index (χ0) is 24.3. The molecule has 1 saturated carbocycles. The molecule has 0 unspecified atom stereocenters. The van der Waals surface area contributed by atoms with Crippen LogP contribution >= 0.6 is 0 Å². The fourth-order valence-corrected chi connectivity index (χ4v) is 5.62. The van der Waals surface area contributed by atoms with Crippen molar-refractivity contribution in [3.05, 3.63) is 24.0 Å². The van der Waals surface area contributed by atoms with Crippen LogP contribution in [0.1, 0.15) is 37.3 Å². The Morgan fingerprint density at radius 2 is 1.97 bits per heavy atom. The van der Waals surface area contributed by atoms with Crippen LogP contribution in [-0.2, 0) is 4.74 Å². The Morgan fingerprint density at radius 3 is 2.63 bits per heavy atom. The standard InChI is InChI=1S/C23H26F4N6O2/c24-21(25)35-19-5-13(8-29-20(19)28)18-7-17(30-22(31-18)32-2-1-23(26,27)11-32)12-3-14(4-12)33-9-16-6-15(33)10-34-16/h5,7-8,12,14-16,21H,1-4,6,9-11H2,(H2,28,29)/t12-,14+,15-,16-/m0/s1. The molecule has 2 aromatic rings. The lowest BCUT2D eigenvalue weighted by atomic mass is 9.76. The quantitative estimate of drug-likeness (QED) is 0.612. The predicted octanol–water partition coefficient (Wildman–Crippen LogP) is 3.29. The van der Waals surface area contributed by atoms with Crippen LogP contribution < -0.4 is 15.4 Å². The number of fused-ring (bicyclic) bond motifs is 2.